The molecule has 0 radical (unpaired) electrons. The third-order valence-corrected chi connectivity index (χ3v) is 4.29. The number of benzene rings is 2. The molecular formula is C15H13Br2F. The van der Waals surface area contributed by atoms with E-state index in [1.165, 1.54) is 0 Å². The highest BCUT2D eigenvalue weighted by Gasteiger charge is 2.28. The van der Waals surface area contributed by atoms with Gasteiger partial charge in [-0.3, -0.25) is 0 Å². The van der Waals surface area contributed by atoms with E-state index >= 15 is 0 Å². The minimum absolute atomic E-state index is 0.420. The summed E-state index contributed by atoms with van der Waals surface area (Å²) in [7, 11) is 0. The molecule has 0 aliphatic carbocycles. The van der Waals surface area contributed by atoms with E-state index in [0.717, 1.165) is 20.1 Å². The SMILES string of the molecule is CC(CF)(c1ccc(Br)cc1)c1ccc(Br)cc1. The fourth-order valence-electron chi connectivity index (χ4n) is 1.96. The Labute approximate surface area is 123 Å². The Balaban J connectivity index is 2.47. The summed E-state index contributed by atoms with van der Waals surface area (Å²) in [5.74, 6) is 0. The summed E-state index contributed by atoms with van der Waals surface area (Å²) in [6.07, 6.45) is 0. The van der Waals surface area contributed by atoms with Crippen molar-refractivity contribution in [2.24, 2.45) is 0 Å². The zero-order valence-corrected chi connectivity index (χ0v) is 13.1. The average molecular weight is 372 g/mol. The van der Waals surface area contributed by atoms with Crippen LogP contribution in [0.1, 0.15) is 18.1 Å². The monoisotopic (exact) mass is 370 g/mol. The Morgan fingerprint density at radius 1 is 0.833 bits per heavy atom. The lowest BCUT2D eigenvalue weighted by Crippen LogP contribution is -2.26. The van der Waals surface area contributed by atoms with Crippen LogP contribution in [0.4, 0.5) is 4.39 Å². The maximum absolute atomic E-state index is 13.6. The van der Waals surface area contributed by atoms with E-state index in [9.17, 15) is 4.39 Å². The lowest BCUT2D eigenvalue weighted by Gasteiger charge is -2.27. The third-order valence-electron chi connectivity index (χ3n) is 3.23. The van der Waals surface area contributed by atoms with E-state index in [1.807, 2.05) is 55.5 Å². The molecule has 0 bridgehead atoms. The molecule has 0 N–H and O–H groups in total. The van der Waals surface area contributed by atoms with Gasteiger partial charge in [-0.05, 0) is 42.3 Å². The first-order valence-electron chi connectivity index (χ1n) is 5.64. The minimum atomic E-state index is -0.596. The van der Waals surface area contributed by atoms with Crippen molar-refractivity contribution in [2.75, 3.05) is 6.67 Å². The molecule has 3 heteroatoms. The lowest BCUT2D eigenvalue weighted by molar-refractivity contribution is 0.373. The molecule has 0 atom stereocenters. The van der Waals surface area contributed by atoms with Crippen LogP contribution in [0.2, 0.25) is 0 Å². The molecule has 0 saturated heterocycles. The van der Waals surface area contributed by atoms with Gasteiger partial charge in [0.25, 0.3) is 0 Å². The van der Waals surface area contributed by atoms with Crippen LogP contribution in [0.5, 0.6) is 0 Å². The second kappa shape index (κ2) is 5.54. The molecule has 0 saturated carbocycles. The Bertz CT molecular complexity index is 472. The maximum atomic E-state index is 13.6. The average Bonchev–Trinajstić information content (AvgIpc) is 2.39. The Morgan fingerprint density at radius 3 is 1.44 bits per heavy atom. The summed E-state index contributed by atoms with van der Waals surface area (Å²) in [5, 5.41) is 0. The van der Waals surface area contributed by atoms with Crippen molar-refractivity contribution in [3.05, 3.63) is 68.6 Å². The van der Waals surface area contributed by atoms with Crippen molar-refractivity contribution >= 4 is 31.9 Å². The summed E-state index contributed by atoms with van der Waals surface area (Å²) in [6, 6.07) is 15.6. The highest BCUT2D eigenvalue weighted by molar-refractivity contribution is 9.10. The van der Waals surface area contributed by atoms with Gasteiger partial charge in [0.15, 0.2) is 0 Å². The largest absolute Gasteiger partial charge is 0.250 e. The van der Waals surface area contributed by atoms with E-state index in [1.54, 1.807) is 0 Å². The smallest absolute Gasteiger partial charge is 0.103 e. The number of hydrogen-bond acceptors (Lipinski definition) is 0. The van der Waals surface area contributed by atoms with Gasteiger partial charge >= 0.3 is 0 Å². The van der Waals surface area contributed by atoms with Crippen molar-refractivity contribution in [1.29, 1.82) is 0 Å². The lowest BCUT2D eigenvalue weighted by atomic mass is 9.77. The molecule has 0 aliphatic rings. The predicted molar refractivity (Wildman–Crippen MR) is 80.7 cm³/mol. The van der Waals surface area contributed by atoms with Gasteiger partial charge in [-0.1, -0.05) is 56.1 Å². The Kier molecular flexibility index (Phi) is 4.23. The van der Waals surface area contributed by atoms with Crippen LogP contribution in [0.25, 0.3) is 0 Å². The first-order chi connectivity index (χ1) is 8.56. The second-order valence-corrected chi connectivity index (χ2v) is 6.31. The summed E-state index contributed by atoms with van der Waals surface area (Å²) in [6.45, 7) is 1.51. The fourth-order valence-corrected chi connectivity index (χ4v) is 2.49. The molecule has 0 amide bonds. The van der Waals surface area contributed by atoms with Crippen LogP contribution in [0.3, 0.4) is 0 Å². The van der Waals surface area contributed by atoms with Gasteiger partial charge < -0.3 is 0 Å². The predicted octanol–water partition coefficient (Wildman–Crippen LogP) is 5.49. The molecule has 0 unspecified atom stereocenters. The van der Waals surface area contributed by atoms with Gasteiger partial charge in [-0.2, -0.15) is 0 Å². The normalized spacial score (nSPS) is 11.6. The topological polar surface area (TPSA) is 0 Å². The van der Waals surface area contributed by atoms with Gasteiger partial charge in [0.1, 0.15) is 6.67 Å². The van der Waals surface area contributed by atoms with Crippen molar-refractivity contribution < 1.29 is 4.39 Å². The van der Waals surface area contributed by atoms with E-state index in [-0.39, 0.29) is 0 Å². The molecule has 0 fully saturated rings. The van der Waals surface area contributed by atoms with Crippen LogP contribution in [-0.4, -0.2) is 6.67 Å². The maximum Gasteiger partial charge on any atom is 0.103 e. The molecule has 0 aromatic heterocycles. The summed E-state index contributed by atoms with van der Waals surface area (Å²) < 4.78 is 15.6. The summed E-state index contributed by atoms with van der Waals surface area (Å²) in [5.41, 5.74) is 1.37. The van der Waals surface area contributed by atoms with Crippen LogP contribution in [-0.2, 0) is 5.41 Å². The standard InChI is InChI=1S/C15H13Br2F/c1-15(10-18,11-2-6-13(16)7-3-11)12-4-8-14(17)9-5-12/h2-9H,10H2,1H3. The molecule has 2 aromatic rings. The van der Waals surface area contributed by atoms with Crippen LogP contribution in [0.15, 0.2) is 57.5 Å². The number of hydrogen-bond donors (Lipinski definition) is 0. The van der Waals surface area contributed by atoms with E-state index in [2.05, 4.69) is 31.9 Å². The molecular weight excluding hydrogens is 359 g/mol. The summed E-state index contributed by atoms with van der Waals surface area (Å²) >= 11 is 6.80. The Morgan fingerprint density at radius 2 is 1.17 bits per heavy atom. The van der Waals surface area contributed by atoms with Gasteiger partial charge in [0, 0.05) is 14.4 Å². The van der Waals surface area contributed by atoms with Gasteiger partial charge in [0.2, 0.25) is 0 Å². The van der Waals surface area contributed by atoms with Gasteiger partial charge in [-0.25, -0.2) is 4.39 Å². The molecule has 2 rings (SSSR count). The number of alkyl halides is 1. The molecule has 18 heavy (non-hydrogen) atoms. The highest BCUT2D eigenvalue weighted by atomic mass is 79.9. The Hall–Kier alpha value is -0.670. The first kappa shape index (κ1) is 13.8. The first-order valence-corrected chi connectivity index (χ1v) is 7.23. The van der Waals surface area contributed by atoms with Crippen LogP contribution < -0.4 is 0 Å². The van der Waals surface area contributed by atoms with E-state index < -0.39 is 12.1 Å². The van der Waals surface area contributed by atoms with E-state index in [0.29, 0.717) is 0 Å². The zero-order valence-electron chi connectivity index (χ0n) is 9.96. The second-order valence-electron chi connectivity index (χ2n) is 4.48. The van der Waals surface area contributed by atoms with E-state index in [4.69, 9.17) is 0 Å². The van der Waals surface area contributed by atoms with Crippen LogP contribution >= 0.6 is 31.9 Å². The van der Waals surface area contributed by atoms with Crippen molar-refractivity contribution in [2.45, 2.75) is 12.3 Å². The molecule has 0 heterocycles. The van der Waals surface area contributed by atoms with Gasteiger partial charge in [-0.15, -0.1) is 0 Å². The van der Waals surface area contributed by atoms with Gasteiger partial charge in [0.05, 0.1) is 0 Å². The fraction of sp³-hybridized carbons (Fsp3) is 0.200. The third kappa shape index (κ3) is 2.67. The molecule has 2 aromatic carbocycles. The number of halogens is 3. The zero-order chi connectivity index (χ0) is 13.2. The van der Waals surface area contributed by atoms with Crippen molar-refractivity contribution in [1.82, 2.24) is 0 Å². The van der Waals surface area contributed by atoms with Crippen molar-refractivity contribution in [3.63, 3.8) is 0 Å². The molecule has 0 nitrogen and oxygen atoms in total. The minimum Gasteiger partial charge on any atom is -0.250 e. The molecule has 94 valence electrons. The molecule has 0 spiro atoms. The number of rotatable bonds is 3. The quantitative estimate of drug-likeness (QED) is 0.669. The highest BCUT2D eigenvalue weighted by Crippen LogP contribution is 2.33. The molecule has 0 aliphatic heterocycles. The summed E-state index contributed by atoms with van der Waals surface area (Å²) in [4.78, 5) is 0. The van der Waals surface area contributed by atoms with Crippen molar-refractivity contribution in [3.8, 4) is 0 Å². The van der Waals surface area contributed by atoms with Crippen LogP contribution in [0, 0.1) is 0 Å².